The number of hydrogen-bond acceptors (Lipinski definition) is 3. The van der Waals surface area contributed by atoms with Crippen LogP contribution in [0.25, 0.3) is 0 Å². The van der Waals surface area contributed by atoms with Gasteiger partial charge in [0.15, 0.2) is 0 Å². The Hall–Kier alpha value is -2.53. The number of carbonyl (C=O) groups is 2. The van der Waals surface area contributed by atoms with Gasteiger partial charge in [0, 0.05) is 17.1 Å². The number of nitrogens with one attached hydrogen (secondary N) is 2. The van der Waals surface area contributed by atoms with E-state index in [2.05, 4.69) is 10.6 Å². The molecule has 0 saturated heterocycles. The number of alkyl carbamates (subject to hydrolysis) is 1. The summed E-state index contributed by atoms with van der Waals surface area (Å²) in [5.41, 5.74) is 1.82. The van der Waals surface area contributed by atoms with E-state index in [9.17, 15) is 9.59 Å². The molecule has 5 nitrogen and oxygen atoms in total. The van der Waals surface area contributed by atoms with E-state index in [0.717, 1.165) is 11.1 Å². The van der Waals surface area contributed by atoms with E-state index in [1.165, 1.54) is 0 Å². The molecule has 2 amide bonds. The first-order valence-electron chi connectivity index (χ1n) is 8.76. The molecule has 0 unspecified atom stereocenters. The predicted molar refractivity (Wildman–Crippen MR) is 107 cm³/mol. The molecule has 2 N–H and O–H groups in total. The first kappa shape index (κ1) is 20.8. The molecule has 0 spiro atoms. The highest BCUT2D eigenvalue weighted by atomic mass is 35.5. The maximum atomic E-state index is 12.4. The van der Waals surface area contributed by atoms with Gasteiger partial charge in [-0.3, -0.25) is 4.79 Å². The zero-order chi connectivity index (χ0) is 20.0. The van der Waals surface area contributed by atoms with Crippen LogP contribution in [0.4, 0.5) is 4.79 Å². The van der Waals surface area contributed by atoms with Crippen molar-refractivity contribution in [3.05, 3.63) is 70.2 Å². The van der Waals surface area contributed by atoms with Crippen molar-refractivity contribution in [2.24, 2.45) is 0 Å². The monoisotopic (exact) mass is 388 g/mol. The summed E-state index contributed by atoms with van der Waals surface area (Å²) in [5, 5.41) is 6.27. The predicted octanol–water partition coefficient (Wildman–Crippen LogP) is 4.86. The highest BCUT2D eigenvalue weighted by Crippen LogP contribution is 2.18. The summed E-state index contributed by atoms with van der Waals surface area (Å²) in [5.74, 6) is -0.172. The van der Waals surface area contributed by atoms with E-state index >= 15 is 0 Å². The van der Waals surface area contributed by atoms with Crippen molar-refractivity contribution in [2.75, 3.05) is 0 Å². The molecule has 0 aliphatic heterocycles. The van der Waals surface area contributed by atoms with Gasteiger partial charge in [-0.25, -0.2) is 4.79 Å². The molecule has 2 aromatic rings. The minimum atomic E-state index is -0.536. The molecule has 0 radical (unpaired) electrons. The molecule has 0 aromatic heterocycles. The number of amides is 2. The third-order valence-electron chi connectivity index (χ3n) is 3.75. The maximum absolute atomic E-state index is 12.4. The van der Waals surface area contributed by atoms with Crippen molar-refractivity contribution < 1.29 is 14.3 Å². The lowest BCUT2D eigenvalue weighted by Gasteiger charge is -2.19. The third kappa shape index (κ3) is 6.94. The molecule has 0 aliphatic carbocycles. The highest BCUT2D eigenvalue weighted by molar-refractivity contribution is 6.30. The van der Waals surface area contributed by atoms with Gasteiger partial charge in [0.05, 0.1) is 6.04 Å². The summed E-state index contributed by atoms with van der Waals surface area (Å²) in [6.45, 7) is 7.66. The quantitative estimate of drug-likeness (QED) is 0.768. The van der Waals surface area contributed by atoms with Crippen LogP contribution in [0.3, 0.4) is 0 Å². The van der Waals surface area contributed by atoms with Gasteiger partial charge in [-0.1, -0.05) is 35.9 Å². The molecule has 2 rings (SSSR count). The van der Waals surface area contributed by atoms with Crippen LogP contribution >= 0.6 is 11.6 Å². The SMILES string of the molecule is C[C@H](NC(=O)c1ccc(CNC(=O)OC(C)(C)C)cc1)c1cccc(Cl)c1. The summed E-state index contributed by atoms with van der Waals surface area (Å²) in [7, 11) is 0. The van der Waals surface area contributed by atoms with Gasteiger partial charge in [0.25, 0.3) is 5.91 Å². The Balaban J connectivity index is 1.90. The number of hydrogen-bond donors (Lipinski definition) is 2. The van der Waals surface area contributed by atoms with Crippen LogP contribution in [0.15, 0.2) is 48.5 Å². The van der Waals surface area contributed by atoms with Gasteiger partial charge in [0.2, 0.25) is 0 Å². The molecule has 0 bridgehead atoms. The van der Waals surface area contributed by atoms with Crippen LogP contribution in [-0.4, -0.2) is 17.6 Å². The fraction of sp³-hybridized carbons (Fsp3) is 0.333. The Bertz CT molecular complexity index is 798. The molecule has 2 aromatic carbocycles. The van der Waals surface area contributed by atoms with E-state index in [1.807, 2.05) is 45.9 Å². The minimum absolute atomic E-state index is 0.162. The number of halogens is 1. The first-order valence-corrected chi connectivity index (χ1v) is 9.14. The zero-order valence-electron chi connectivity index (χ0n) is 16.0. The van der Waals surface area contributed by atoms with Crippen molar-refractivity contribution >= 4 is 23.6 Å². The van der Waals surface area contributed by atoms with Crippen molar-refractivity contribution in [2.45, 2.75) is 45.9 Å². The maximum Gasteiger partial charge on any atom is 0.407 e. The molecule has 1 atom stereocenters. The zero-order valence-corrected chi connectivity index (χ0v) is 16.8. The standard InChI is InChI=1S/C21H25ClN2O3/c1-14(17-6-5-7-18(22)12-17)24-19(25)16-10-8-15(9-11-16)13-23-20(26)27-21(2,3)4/h5-12,14H,13H2,1-4H3,(H,23,26)(H,24,25)/t14-/m0/s1. The normalized spacial score (nSPS) is 12.2. The first-order chi connectivity index (χ1) is 12.6. The lowest BCUT2D eigenvalue weighted by molar-refractivity contribution is 0.0523. The second-order valence-electron chi connectivity index (χ2n) is 7.30. The Morgan fingerprint density at radius 1 is 1.11 bits per heavy atom. The summed E-state index contributed by atoms with van der Waals surface area (Å²) >= 11 is 6.00. The number of carbonyl (C=O) groups excluding carboxylic acids is 2. The third-order valence-corrected chi connectivity index (χ3v) is 3.98. The van der Waals surface area contributed by atoms with Crippen molar-refractivity contribution in [3.63, 3.8) is 0 Å². The summed E-state index contributed by atoms with van der Waals surface area (Å²) in [4.78, 5) is 24.1. The highest BCUT2D eigenvalue weighted by Gasteiger charge is 2.16. The Morgan fingerprint density at radius 3 is 2.37 bits per heavy atom. The smallest absolute Gasteiger partial charge is 0.407 e. The molecule has 0 heterocycles. The Kier molecular flexibility index (Phi) is 6.86. The topological polar surface area (TPSA) is 67.4 Å². The van der Waals surface area contributed by atoms with E-state index < -0.39 is 11.7 Å². The summed E-state index contributed by atoms with van der Waals surface area (Å²) in [6.07, 6.45) is -0.473. The Labute approximate surface area is 165 Å². The minimum Gasteiger partial charge on any atom is -0.444 e. The van der Waals surface area contributed by atoms with Gasteiger partial charge in [0.1, 0.15) is 5.60 Å². The van der Waals surface area contributed by atoms with E-state index in [0.29, 0.717) is 17.1 Å². The van der Waals surface area contributed by atoms with Gasteiger partial charge >= 0.3 is 6.09 Å². The van der Waals surface area contributed by atoms with Crippen LogP contribution in [0.2, 0.25) is 5.02 Å². The van der Waals surface area contributed by atoms with Crippen LogP contribution < -0.4 is 10.6 Å². The summed E-state index contributed by atoms with van der Waals surface area (Å²) < 4.78 is 5.19. The van der Waals surface area contributed by atoms with Crippen LogP contribution in [0, 0.1) is 0 Å². The molecular formula is C21H25ClN2O3. The van der Waals surface area contributed by atoms with E-state index in [1.54, 1.807) is 30.3 Å². The van der Waals surface area contributed by atoms with Crippen LogP contribution in [-0.2, 0) is 11.3 Å². The number of rotatable bonds is 5. The fourth-order valence-corrected chi connectivity index (χ4v) is 2.60. The van der Waals surface area contributed by atoms with Crippen molar-refractivity contribution in [3.8, 4) is 0 Å². The van der Waals surface area contributed by atoms with Crippen molar-refractivity contribution in [1.82, 2.24) is 10.6 Å². The molecule has 6 heteroatoms. The molecule has 0 saturated carbocycles. The second-order valence-corrected chi connectivity index (χ2v) is 7.74. The molecule has 0 fully saturated rings. The Morgan fingerprint density at radius 2 is 1.78 bits per heavy atom. The summed E-state index contributed by atoms with van der Waals surface area (Å²) in [6, 6.07) is 14.3. The van der Waals surface area contributed by atoms with Gasteiger partial charge in [-0.15, -0.1) is 0 Å². The number of benzene rings is 2. The largest absolute Gasteiger partial charge is 0.444 e. The lowest BCUT2D eigenvalue weighted by Crippen LogP contribution is -2.32. The molecule has 144 valence electrons. The second kappa shape index (κ2) is 8.91. The van der Waals surface area contributed by atoms with E-state index in [-0.39, 0.29) is 11.9 Å². The molecule has 0 aliphatic rings. The molecule has 27 heavy (non-hydrogen) atoms. The van der Waals surface area contributed by atoms with Crippen LogP contribution in [0.5, 0.6) is 0 Å². The van der Waals surface area contributed by atoms with E-state index in [4.69, 9.17) is 16.3 Å². The van der Waals surface area contributed by atoms with Crippen LogP contribution in [0.1, 0.15) is 55.2 Å². The average Bonchev–Trinajstić information content (AvgIpc) is 2.59. The fourth-order valence-electron chi connectivity index (χ4n) is 2.40. The van der Waals surface area contributed by atoms with Gasteiger partial charge < -0.3 is 15.4 Å². The average molecular weight is 389 g/mol. The lowest BCUT2D eigenvalue weighted by atomic mass is 10.1. The van der Waals surface area contributed by atoms with Gasteiger partial charge in [-0.05, 0) is 63.1 Å². The molecular weight excluding hydrogens is 364 g/mol. The van der Waals surface area contributed by atoms with Crippen molar-refractivity contribution in [1.29, 1.82) is 0 Å². The number of ether oxygens (including phenoxy) is 1. The van der Waals surface area contributed by atoms with Gasteiger partial charge in [-0.2, -0.15) is 0 Å².